The number of ketones is 1. The molecule has 1 rings (SSSR count). The van der Waals surface area contributed by atoms with Gasteiger partial charge in [0.1, 0.15) is 0 Å². The lowest BCUT2D eigenvalue weighted by Crippen LogP contribution is -2.24. The summed E-state index contributed by atoms with van der Waals surface area (Å²) in [7, 11) is -1.16. The summed E-state index contributed by atoms with van der Waals surface area (Å²) in [6.45, 7) is 3.43. The van der Waals surface area contributed by atoms with Gasteiger partial charge >= 0.3 is 0 Å². The molecule has 5 heteroatoms. The quantitative estimate of drug-likeness (QED) is 0.792. The zero-order valence-corrected chi connectivity index (χ0v) is 11.3. The van der Waals surface area contributed by atoms with Crippen LogP contribution in [0.3, 0.4) is 0 Å². The second-order valence-electron chi connectivity index (χ2n) is 3.30. The van der Waals surface area contributed by atoms with Crippen molar-refractivity contribution in [3.05, 3.63) is 33.8 Å². The van der Waals surface area contributed by atoms with Gasteiger partial charge in [-0.05, 0) is 25.1 Å². The van der Waals surface area contributed by atoms with Gasteiger partial charge in [-0.2, -0.15) is 0 Å². The number of rotatable bonds is 4. The summed E-state index contributed by atoms with van der Waals surface area (Å²) in [5, 5.41) is 0.243. The van der Waals surface area contributed by atoms with Crippen LogP contribution in [0.2, 0.25) is 10.0 Å². The fourth-order valence-electron chi connectivity index (χ4n) is 1.28. The van der Waals surface area contributed by atoms with E-state index in [4.69, 9.17) is 23.2 Å². The minimum atomic E-state index is -1.16. The first-order valence-corrected chi connectivity index (χ1v) is 6.97. The lowest BCUT2D eigenvalue weighted by Gasteiger charge is -2.10. The van der Waals surface area contributed by atoms with Crippen LogP contribution in [-0.2, 0) is 10.8 Å². The minimum Gasteiger partial charge on any atom is -0.293 e. The van der Waals surface area contributed by atoms with Gasteiger partial charge < -0.3 is 0 Å². The molecule has 1 aromatic rings. The Kier molecular flexibility index (Phi) is 4.96. The SMILES string of the molecule is CCS(=O)C(C)C(=O)c1ccc(Cl)cc1Cl. The second kappa shape index (κ2) is 5.80. The average Bonchev–Trinajstić information content (AvgIpc) is 2.26. The monoisotopic (exact) mass is 278 g/mol. The van der Waals surface area contributed by atoms with Crippen LogP contribution in [0.5, 0.6) is 0 Å². The number of halogens is 2. The lowest BCUT2D eigenvalue weighted by atomic mass is 10.1. The summed E-state index contributed by atoms with van der Waals surface area (Å²) in [6, 6.07) is 4.68. The number of benzene rings is 1. The van der Waals surface area contributed by atoms with Gasteiger partial charge in [0.05, 0.1) is 10.3 Å². The van der Waals surface area contributed by atoms with E-state index in [9.17, 15) is 9.00 Å². The van der Waals surface area contributed by atoms with Gasteiger partial charge in [0.25, 0.3) is 0 Å². The zero-order chi connectivity index (χ0) is 12.3. The molecule has 2 nitrogen and oxygen atoms in total. The molecule has 0 aliphatic carbocycles. The van der Waals surface area contributed by atoms with Gasteiger partial charge in [-0.1, -0.05) is 30.1 Å². The van der Waals surface area contributed by atoms with E-state index in [0.717, 1.165) is 0 Å². The van der Waals surface area contributed by atoms with Crippen LogP contribution < -0.4 is 0 Å². The van der Waals surface area contributed by atoms with Crippen molar-refractivity contribution in [1.29, 1.82) is 0 Å². The van der Waals surface area contributed by atoms with Crippen molar-refractivity contribution in [1.82, 2.24) is 0 Å². The van der Waals surface area contributed by atoms with Gasteiger partial charge in [0.2, 0.25) is 0 Å². The maximum Gasteiger partial charge on any atom is 0.179 e. The first-order valence-electron chi connectivity index (χ1n) is 4.83. The first kappa shape index (κ1) is 13.7. The number of hydrogen-bond acceptors (Lipinski definition) is 2. The maximum absolute atomic E-state index is 12.0. The molecule has 0 heterocycles. The van der Waals surface area contributed by atoms with Crippen LogP contribution in [-0.4, -0.2) is 21.0 Å². The second-order valence-corrected chi connectivity index (χ2v) is 6.19. The molecule has 0 bridgehead atoms. The molecule has 0 aliphatic heterocycles. The molecule has 0 aliphatic rings. The maximum atomic E-state index is 12.0. The highest BCUT2D eigenvalue weighted by Gasteiger charge is 2.22. The van der Waals surface area contributed by atoms with Crippen LogP contribution >= 0.6 is 23.2 Å². The molecule has 0 N–H and O–H groups in total. The Labute approximate surface area is 107 Å². The van der Waals surface area contributed by atoms with Crippen LogP contribution in [0, 0.1) is 0 Å². The molecule has 88 valence electrons. The van der Waals surface area contributed by atoms with E-state index >= 15 is 0 Å². The Bertz CT molecular complexity index is 432. The van der Waals surface area contributed by atoms with E-state index < -0.39 is 16.0 Å². The third-order valence-corrected chi connectivity index (χ3v) is 4.36. The fraction of sp³-hybridized carbons (Fsp3) is 0.364. The molecule has 0 saturated carbocycles. The van der Waals surface area contributed by atoms with Gasteiger partial charge in [-0.15, -0.1) is 0 Å². The van der Waals surface area contributed by atoms with Crippen molar-refractivity contribution >= 4 is 39.8 Å². The van der Waals surface area contributed by atoms with Crippen molar-refractivity contribution in [3.8, 4) is 0 Å². The Morgan fingerprint density at radius 2 is 2.06 bits per heavy atom. The van der Waals surface area contributed by atoms with Crippen LogP contribution in [0.1, 0.15) is 24.2 Å². The number of Topliss-reactive ketones (excluding diaryl/α,β-unsaturated/α-hetero) is 1. The van der Waals surface area contributed by atoms with E-state index in [1.54, 1.807) is 26.0 Å². The molecular formula is C11H12Cl2O2S. The minimum absolute atomic E-state index is 0.207. The Morgan fingerprint density at radius 1 is 1.44 bits per heavy atom. The molecule has 0 radical (unpaired) electrons. The number of carbonyl (C=O) groups is 1. The first-order chi connectivity index (χ1) is 7.47. The molecule has 16 heavy (non-hydrogen) atoms. The molecule has 0 saturated heterocycles. The Morgan fingerprint density at radius 3 is 2.56 bits per heavy atom. The van der Waals surface area contributed by atoms with E-state index in [1.165, 1.54) is 6.07 Å². The number of carbonyl (C=O) groups excluding carboxylic acids is 1. The third-order valence-electron chi connectivity index (χ3n) is 2.24. The van der Waals surface area contributed by atoms with Crippen molar-refractivity contribution in [2.75, 3.05) is 5.75 Å². The zero-order valence-electron chi connectivity index (χ0n) is 9.00. The van der Waals surface area contributed by atoms with Crippen molar-refractivity contribution in [2.45, 2.75) is 19.1 Å². The standard InChI is InChI=1S/C11H12Cl2O2S/c1-3-16(15)7(2)11(14)9-5-4-8(12)6-10(9)13/h4-7H,3H2,1-2H3. The van der Waals surface area contributed by atoms with E-state index in [1.807, 2.05) is 0 Å². The lowest BCUT2D eigenvalue weighted by molar-refractivity contribution is 0.0993. The Hall–Kier alpha value is -0.380. The summed E-state index contributed by atoms with van der Waals surface area (Å²) in [4.78, 5) is 12.0. The largest absolute Gasteiger partial charge is 0.293 e. The van der Waals surface area contributed by atoms with Gasteiger partial charge in [0.15, 0.2) is 5.78 Å². The summed E-state index contributed by atoms with van der Waals surface area (Å²) >= 11 is 11.6. The highest BCUT2D eigenvalue weighted by atomic mass is 35.5. The summed E-state index contributed by atoms with van der Waals surface area (Å²) in [5.74, 6) is 0.250. The smallest absolute Gasteiger partial charge is 0.179 e. The van der Waals surface area contributed by atoms with E-state index in [0.29, 0.717) is 21.4 Å². The highest BCUT2D eigenvalue weighted by molar-refractivity contribution is 7.86. The predicted molar refractivity (Wildman–Crippen MR) is 68.9 cm³/mol. The summed E-state index contributed by atoms with van der Waals surface area (Å²) in [6.07, 6.45) is 0. The molecule has 2 unspecified atom stereocenters. The topological polar surface area (TPSA) is 34.1 Å². The van der Waals surface area contributed by atoms with Crippen LogP contribution in [0.4, 0.5) is 0 Å². The van der Waals surface area contributed by atoms with Crippen molar-refractivity contribution in [3.63, 3.8) is 0 Å². The molecule has 2 atom stereocenters. The summed E-state index contributed by atoms with van der Waals surface area (Å²) in [5.41, 5.74) is 0.375. The van der Waals surface area contributed by atoms with E-state index in [-0.39, 0.29) is 5.78 Å². The molecule has 0 spiro atoms. The Balaban J connectivity index is 3.01. The molecule has 1 aromatic carbocycles. The molecule has 0 amide bonds. The van der Waals surface area contributed by atoms with Crippen LogP contribution in [0.25, 0.3) is 0 Å². The van der Waals surface area contributed by atoms with E-state index in [2.05, 4.69) is 0 Å². The third kappa shape index (κ3) is 3.06. The fourth-order valence-corrected chi connectivity index (χ4v) is 2.65. The van der Waals surface area contributed by atoms with Gasteiger partial charge in [-0.25, -0.2) is 0 Å². The molecule has 0 aromatic heterocycles. The van der Waals surface area contributed by atoms with Gasteiger partial charge in [0, 0.05) is 27.1 Å². The van der Waals surface area contributed by atoms with Crippen LogP contribution in [0.15, 0.2) is 18.2 Å². The average molecular weight is 279 g/mol. The highest BCUT2D eigenvalue weighted by Crippen LogP contribution is 2.23. The number of hydrogen-bond donors (Lipinski definition) is 0. The molecular weight excluding hydrogens is 267 g/mol. The predicted octanol–water partition coefficient (Wildman–Crippen LogP) is 3.33. The normalized spacial score (nSPS) is 14.5. The van der Waals surface area contributed by atoms with Gasteiger partial charge in [-0.3, -0.25) is 9.00 Å². The summed E-state index contributed by atoms with van der Waals surface area (Å²) < 4.78 is 11.5. The van der Waals surface area contributed by atoms with Crippen molar-refractivity contribution in [2.24, 2.45) is 0 Å². The van der Waals surface area contributed by atoms with Crippen molar-refractivity contribution < 1.29 is 9.00 Å². The molecule has 0 fully saturated rings.